The molecule has 0 aromatic carbocycles. The summed E-state index contributed by atoms with van der Waals surface area (Å²) in [5.41, 5.74) is 6.02. The van der Waals surface area contributed by atoms with Crippen molar-refractivity contribution in [3.8, 4) is 5.88 Å². The Morgan fingerprint density at radius 2 is 2.27 bits per heavy atom. The van der Waals surface area contributed by atoms with Gasteiger partial charge in [0, 0.05) is 6.54 Å². The summed E-state index contributed by atoms with van der Waals surface area (Å²) < 4.78 is 5.38. The standard InChI is InChI=1S/C9H15ClN4O/c1-14(2)4-3-5-15-8-7(11)6-12-9(10)13-8/h6H,3-5,11H2,1-2H3. The molecule has 15 heavy (non-hydrogen) atoms. The Morgan fingerprint density at radius 1 is 1.53 bits per heavy atom. The van der Waals surface area contributed by atoms with Crippen LogP contribution in [0.15, 0.2) is 6.20 Å². The Balaban J connectivity index is 2.40. The first kappa shape index (κ1) is 12.0. The van der Waals surface area contributed by atoms with E-state index in [2.05, 4.69) is 14.9 Å². The van der Waals surface area contributed by atoms with E-state index in [9.17, 15) is 0 Å². The molecule has 1 aromatic heterocycles. The van der Waals surface area contributed by atoms with E-state index >= 15 is 0 Å². The fourth-order valence-electron chi connectivity index (χ4n) is 1.02. The van der Waals surface area contributed by atoms with E-state index in [4.69, 9.17) is 22.1 Å². The molecule has 6 heteroatoms. The zero-order chi connectivity index (χ0) is 11.3. The van der Waals surface area contributed by atoms with Crippen LogP contribution in [0.25, 0.3) is 0 Å². The maximum Gasteiger partial charge on any atom is 0.241 e. The topological polar surface area (TPSA) is 64.3 Å². The zero-order valence-corrected chi connectivity index (χ0v) is 9.66. The van der Waals surface area contributed by atoms with Crippen molar-refractivity contribution < 1.29 is 4.74 Å². The summed E-state index contributed by atoms with van der Waals surface area (Å²) in [4.78, 5) is 9.70. The highest BCUT2D eigenvalue weighted by Gasteiger charge is 2.03. The third-order valence-electron chi connectivity index (χ3n) is 1.74. The van der Waals surface area contributed by atoms with Crippen molar-refractivity contribution in [3.63, 3.8) is 0 Å². The molecule has 84 valence electrons. The Labute approximate surface area is 94.2 Å². The molecular weight excluding hydrogens is 216 g/mol. The van der Waals surface area contributed by atoms with Gasteiger partial charge in [-0.15, -0.1) is 0 Å². The predicted octanol–water partition coefficient (Wildman–Crippen LogP) is 1.04. The number of aromatic nitrogens is 2. The van der Waals surface area contributed by atoms with Gasteiger partial charge in [-0.2, -0.15) is 4.98 Å². The van der Waals surface area contributed by atoms with Gasteiger partial charge in [-0.1, -0.05) is 0 Å². The number of hydrogen-bond acceptors (Lipinski definition) is 5. The SMILES string of the molecule is CN(C)CCCOc1nc(Cl)ncc1N. The minimum absolute atomic E-state index is 0.145. The monoisotopic (exact) mass is 230 g/mol. The van der Waals surface area contributed by atoms with Crippen LogP contribution in [-0.4, -0.2) is 42.1 Å². The van der Waals surface area contributed by atoms with Gasteiger partial charge in [-0.25, -0.2) is 4.98 Å². The Kier molecular flexibility index (Phi) is 4.58. The maximum atomic E-state index is 5.61. The highest BCUT2D eigenvalue weighted by atomic mass is 35.5. The van der Waals surface area contributed by atoms with Crippen molar-refractivity contribution in [1.82, 2.24) is 14.9 Å². The van der Waals surface area contributed by atoms with E-state index in [1.54, 1.807) is 0 Å². The van der Waals surface area contributed by atoms with Crippen molar-refractivity contribution in [1.29, 1.82) is 0 Å². The van der Waals surface area contributed by atoms with Gasteiger partial charge >= 0.3 is 0 Å². The van der Waals surface area contributed by atoms with Crippen molar-refractivity contribution >= 4 is 17.3 Å². The third-order valence-corrected chi connectivity index (χ3v) is 1.92. The second-order valence-electron chi connectivity index (χ2n) is 3.40. The molecule has 0 fully saturated rings. The summed E-state index contributed by atoms with van der Waals surface area (Å²) in [6.45, 7) is 1.52. The Morgan fingerprint density at radius 3 is 2.93 bits per heavy atom. The number of rotatable bonds is 5. The number of anilines is 1. The lowest BCUT2D eigenvalue weighted by molar-refractivity contribution is 0.274. The third kappa shape index (κ3) is 4.31. The van der Waals surface area contributed by atoms with Gasteiger partial charge < -0.3 is 15.4 Å². The van der Waals surface area contributed by atoms with Crippen LogP contribution in [0, 0.1) is 0 Å². The first-order chi connectivity index (χ1) is 7.09. The van der Waals surface area contributed by atoms with Gasteiger partial charge in [0.25, 0.3) is 0 Å². The Bertz CT molecular complexity index is 319. The van der Waals surface area contributed by atoms with Crippen molar-refractivity contribution in [2.24, 2.45) is 0 Å². The van der Waals surface area contributed by atoms with Crippen LogP contribution < -0.4 is 10.5 Å². The van der Waals surface area contributed by atoms with Crippen LogP contribution in [0.4, 0.5) is 5.69 Å². The summed E-state index contributed by atoms with van der Waals surface area (Å²) in [5.74, 6) is 0.355. The summed E-state index contributed by atoms with van der Waals surface area (Å²) in [5, 5.41) is 0.145. The minimum atomic E-state index is 0.145. The lowest BCUT2D eigenvalue weighted by atomic mass is 10.4. The molecule has 0 unspecified atom stereocenters. The van der Waals surface area contributed by atoms with Crippen molar-refractivity contribution in [2.45, 2.75) is 6.42 Å². The number of nitrogens with zero attached hydrogens (tertiary/aromatic N) is 3. The van der Waals surface area contributed by atoms with Crippen LogP contribution >= 0.6 is 11.6 Å². The molecule has 0 bridgehead atoms. The van der Waals surface area contributed by atoms with E-state index in [0.717, 1.165) is 13.0 Å². The van der Waals surface area contributed by atoms with Crippen LogP contribution in [0.5, 0.6) is 5.88 Å². The molecule has 1 aromatic rings. The average Bonchev–Trinajstić information content (AvgIpc) is 2.17. The highest BCUT2D eigenvalue weighted by molar-refractivity contribution is 6.28. The lowest BCUT2D eigenvalue weighted by Gasteiger charge is -2.10. The van der Waals surface area contributed by atoms with Crippen LogP contribution in [-0.2, 0) is 0 Å². The largest absolute Gasteiger partial charge is 0.476 e. The second-order valence-corrected chi connectivity index (χ2v) is 3.74. The normalized spacial score (nSPS) is 10.7. The number of nitrogen functional groups attached to an aromatic ring is 1. The fraction of sp³-hybridized carbons (Fsp3) is 0.556. The average molecular weight is 231 g/mol. The van der Waals surface area contributed by atoms with Crippen LogP contribution in [0.1, 0.15) is 6.42 Å². The van der Waals surface area contributed by atoms with Crippen molar-refractivity contribution in [3.05, 3.63) is 11.5 Å². The summed E-state index contributed by atoms with van der Waals surface area (Å²) >= 11 is 5.61. The first-order valence-corrected chi connectivity index (χ1v) is 5.03. The smallest absolute Gasteiger partial charge is 0.241 e. The van der Waals surface area contributed by atoms with E-state index in [-0.39, 0.29) is 5.28 Å². The van der Waals surface area contributed by atoms with E-state index < -0.39 is 0 Å². The zero-order valence-electron chi connectivity index (χ0n) is 8.90. The predicted molar refractivity (Wildman–Crippen MR) is 60.1 cm³/mol. The van der Waals surface area contributed by atoms with Gasteiger partial charge in [0.05, 0.1) is 12.8 Å². The van der Waals surface area contributed by atoms with Crippen LogP contribution in [0.2, 0.25) is 5.28 Å². The van der Waals surface area contributed by atoms with Crippen molar-refractivity contribution in [2.75, 3.05) is 33.0 Å². The molecule has 0 radical (unpaired) electrons. The summed E-state index contributed by atoms with van der Waals surface area (Å²) in [7, 11) is 4.02. The molecule has 0 spiro atoms. The molecular formula is C9H15ClN4O. The maximum absolute atomic E-state index is 5.61. The van der Waals surface area contributed by atoms with Gasteiger partial charge in [-0.3, -0.25) is 0 Å². The summed E-state index contributed by atoms with van der Waals surface area (Å²) in [6.07, 6.45) is 2.35. The molecule has 0 amide bonds. The highest BCUT2D eigenvalue weighted by Crippen LogP contribution is 2.18. The lowest BCUT2D eigenvalue weighted by Crippen LogP contribution is -2.16. The second kappa shape index (κ2) is 5.72. The molecule has 0 saturated heterocycles. The quantitative estimate of drug-likeness (QED) is 0.605. The van der Waals surface area contributed by atoms with E-state index in [0.29, 0.717) is 18.2 Å². The van der Waals surface area contributed by atoms with Gasteiger partial charge in [0.15, 0.2) is 0 Å². The van der Waals surface area contributed by atoms with Gasteiger partial charge in [0.2, 0.25) is 11.2 Å². The molecule has 5 nitrogen and oxygen atoms in total. The number of ether oxygens (including phenoxy) is 1. The van der Waals surface area contributed by atoms with E-state index in [1.807, 2.05) is 14.1 Å². The molecule has 0 atom stereocenters. The van der Waals surface area contributed by atoms with Gasteiger partial charge in [0.1, 0.15) is 5.69 Å². The van der Waals surface area contributed by atoms with E-state index in [1.165, 1.54) is 6.20 Å². The van der Waals surface area contributed by atoms with Crippen LogP contribution in [0.3, 0.4) is 0 Å². The molecule has 0 aliphatic heterocycles. The Hall–Kier alpha value is -1.07. The molecule has 0 saturated carbocycles. The number of halogens is 1. The number of hydrogen-bond donors (Lipinski definition) is 1. The molecule has 0 aliphatic carbocycles. The first-order valence-electron chi connectivity index (χ1n) is 4.65. The van der Waals surface area contributed by atoms with Gasteiger partial charge in [-0.05, 0) is 32.1 Å². The molecule has 1 rings (SSSR count). The summed E-state index contributed by atoms with van der Waals surface area (Å²) in [6, 6.07) is 0. The minimum Gasteiger partial charge on any atom is -0.476 e. The number of nitrogens with two attached hydrogens (primary N) is 1. The molecule has 1 heterocycles. The molecule has 2 N–H and O–H groups in total. The fourth-order valence-corrected chi connectivity index (χ4v) is 1.15. The molecule has 0 aliphatic rings.